The summed E-state index contributed by atoms with van der Waals surface area (Å²) in [5.74, 6) is 1.69. The molecule has 0 aliphatic carbocycles. The minimum atomic E-state index is -1.24. The van der Waals surface area contributed by atoms with E-state index in [4.69, 9.17) is 32.9 Å². The first kappa shape index (κ1) is 26.7. The van der Waals surface area contributed by atoms with E-state index in [0.717, 1.165) is 65.7 Å². The van der Waals surface area contributed by atoms with Crippen LogP contribution in [0.4, 0.5) is 5.95 Å². The Morgan fingerprint density at radius 3 is 2.59 bits per heavy atom. The van der Waals surface area contributed by atoms with E-state index in [9.17, 15) is 4.55 Å². The molecule has 0 bridgehead atoms. The SMILES string of the molecule is Cc1nc(N2CCC3(CC2)Oc2ccccc2[C@H]3N[S@+]([O-])C(C)(C)C)n2ccnc2c1-c1cccc(Cl)c1Cl. The van der Waals surface area contributed by atoms with Gasteiger partial charge < -0.3 is 14.2 Å². The Morgan fingerprint density at radius 2 is 1.85 bits per heavy atom. The lowest BCUT2D eigenvalue weighted by molar-refractivity contribution is 0.0377. The van der Waals surface area contributed by atoms with Crippen molar-refractivity contribution in [2.75, 3.05) is 18.0 Å². The van der Waals surface area contributed by atoms with Crippen molar-refractivity contribution in [3.8, 4) is 16.9 Å². The van der Waals surface area contributed by atoms with Gasteiger partial charge >= 0.3 is 0 Å². The molecule has 1 fully saturated rings. The van der Waals surface area contributed by atoms with Crippen molar-refractivity contribution < 1.29 is 9.29 Å². The summed E-state index contributed by atoms with van der Waals surface area (Å²) in [6, 6.07) is 13.5. The number of nitrogens with zero attached hydrogens (tertiary/aromatic N) is 4. The van der Waals surface area contributed by atoms with Gasteiger partial charge in [-0.1, -0.05) is 53.5 Å². The Bertz CT molecular complexity index is 1540. The minimum absolute atomic E-state index is 0.161. The van der Waals surface area contributed by atoms with E-state index in [2.05, 4.69) is 20.7 Å². The summed E-state index contributed by atoms with van der Waals surface area (Å²) in [7, 11) is 0. The van der Waals surface area contributed by atoms with Crippen molar-refractivity contribution in [3.05, 3.63) is 76.2 Å². The van der Waals surface area contributed by atoms with E-state index in [1.807, 2.05) is 68.6 Å². The largest absolute Gasteiger partial charge is 0.598 e. The van der Waals surface area contributed by atoms with Crippen molar-refractivity contribution in [1.29, 1.82) is 0 Å². The van der Waals surface area contributed by atoms with Crippen LogP contribution in [0, 0.1) is 6.92 Å². The van der Waals surface area contributed by atoms with Crippen LogP contribution in [0.25, 0.3) is 16.8 Å². The maximum absolute atomic E-state index is 13.2. The quantitative estimate of drug-likeness (QED) is 0.275. The number of piperidine rings is 1. The van der Waals surface area contributed by atoms with Gasteiger partial charge in [-0.15, -0.1) is 4.72 Å². The number of fused-ring (bicyclic) bond motifs is 2. The molecule has 1 N–H and O–H groups in total. The molecule has 204 valence electrons. The molecule has 2 aromatic heterocycles. The predicted octanol–water partition coefficient (Wildman–Crippen LogP) is 6.54. The molecule has 4 aromatic rings. The molecule has 0 saturated carbocycles. The van der Waals surface area contributed by atoms with Gasteiger partial charge in [-0.3, -0.25) is 4.40 Å². The molecule has 0 amide bonds. The molecule has 0 radical (unpaired) electrons. The highest BCUT2D eigenvalue weighted by Crippen LogP contribution is 2.49. The molecular formula is C29H31Cl2N5O2S. The average Bonchev–Trinajstić information content (AvgIpc) is 3.49. The zero-order chi connectivity index (χ0) is 27.5. The number of rotatable bonds is 4. The van der Waals surface area contributed by atoms with Gasteiger partial charge in [0.25, 0.3) is 0 Å². The van der Waals surface area contributed by atoms with Crippen LogP contribution >= 0.6 is 23.2 Å². The maximum atomic E-state index is 13.2. The zero-order valence-electron chi connectivity index (χ0n) is 22.4. The maximum Gasteiger partial charge on any atom is 0.211 e. The monoisotopic (exact) mass is 583 g/mol. The summed E-state index contributed by atoms with van der Waals surface area (Å²) in [5.41, 5.74) is 3.88. The lowest BCUT2D eigenvalue weighted by Crippen LogP contribution is -2.55. The van der Waals surface area contributed by atoms with Crippen molar-refractivity contribution in [1.82, 2.24) is 19.1 Å². The van der Waals surface area contributed by atoms with Crippen LogP contribution in [0.5, 0.6) is 5.75 Å². The van der Waals surface area contributed by atoms with Crippen LogP contribution in [0.1, 0.15) is 50.9 Å². The summed E-state index contributed by atoms with van der Waals surface area (Å²) in [4.78, 5) is 12.0. The molecule has 0 unspecified atom stereocenters. The third-order valence-electron chi connectivity index (χ3n) is 7.67. The van der Waals surface area contributed by atoms with Crippen molar-refractivity contribution in [3.63, 3.8) is 0 Å². The number of nitrogens with one attached hydrogen (secondary N) is 1. The van der Waals surface area contributed by atoms with E-state index in [0.29, 0.717) is 10.0 Å². The van der Waals surface area contributed by atoms with Gasteiger partial charge in [0.05, 0.1) is 15.7 Å². The number of aromatic nitrogens is 3. The van der Waals surface area contributed by atoms with Crippen molar-refractivity contribution in [2.45, 2.75) is 56.9 Å². The Hall–Kier alpha value is -2.49. The summed E-state index contributed by atoms with van der Waals surface area (Å²) >= 11 is 11.7. The number of para-hydroxylation sites is 1. The summed E-state index contributed by atoms with van der Waals surface area (Å²) < 4.78 is 24.9. The Morgan fingerprint density at radius 1 is 1.10 bits per heavy atom. The molecule has 4 heterocycles. The lowest BCUT2D eigenvalue weighted by Gasteiger charge is -2.43. The zero-order valence-corrected chi connectivity index (χ0v) is 24.7. The molecule has 2 aliphatic heterocycles. The molecule has 2 aliphatic rings. The molecule has 1 saturated heterocycles. The van der Waals surface area contributed by atoms with Crippen LogP contribution in [0.15, 0.2) is 54.9 Å². The minimum Gasteiger partial charge on any atom is -0.598 e. The molecule has 7 nitrogen and oxygen atoms in total. The van der Waals surface area contributed by atoms with E-state index in [1.165, 1.54) is 0 Å². The third-order valence-corrected chi connectivity index (χ3v) is 10.1. The van der Waals surface area contributed by atoms with Gasteiger partial charge in [0.15, 0.2) is 0 Å². The highest BCUT2D eigenvalue weighted by molar-refractivity contribution is 7.90. The van der Waals surface area contributed by atoms with Gasteiger partial charge in [0, 0.05) is 66.4 Å². The van der Waals surface area contributed by atoms with Gasteiger partial charge in [-0.05, 0) is 39.8 Å². The van der Waals surface area contributed by atoms with Crippen LogP contribution in [0.2, 0.25) is 10.0 Å². The standard InChI is InChI=1S/C29H31Cl2N5O2S/c1-18-23(20-9-7-10-21(30)24(20)31)26-32-14-17-36(26)27(33-18)35-15-12-29(13-16-35)25(34-39(37)28(2,3)4)19-8-5-6-11-22(19)38-29/h5-11,14,17,25,34H,12-13,15-16H2,1-4H3/t25-,39-/m1/s1. The fourth-order valence-electron chi connectivity index (χ4n) is 5.61. The van der Waals surface area contributed by atoms with Gasteiger partial charge in [-0.2, -0.15) is 0 Å². The number of ether oxygens (including phenoxy) is 1. The number of aryl methyl sites for hydroxylation is 1. The second-order valence-corrected chi connectivity index (χ2v) is 14.0. The van der Waals surface area contributed by atoms with Gasteiger partial charge in [-0.25, -0.2) is 9.97 Å². The number of benzene rings is 2. The summed E-state index contributed by atoms with van der Waals surface area (Å²) in [6.07, 6.45) is 5.22. The Kier molecular flexibility index (Phi) is 6.75. The highest BCUT2D eigenvalue weighted by atomic mass is 35.5. The molecule has 2 atom stereocenters. The van der Waals surface area contributed by atoms with Crippen LogP contribution < -0.4 is 14.4 Å². The topological polar surface area (TPSA) is 77.8 Å². The average molecular weight is 585 g/mol. The first-order valence-electron chi connectivity index (χ1n) is 13.1. The van der Waals surface area contributed by atoms with E-state index < -0.39 is 17.0 Å². The summed E-state index contributed by atoms with van der Waals surface area (Å²) in [6.45, 7) is 9.39. The number of hydrogen-bond acceptors (Lipinski definition) is 6. The van der Waals surface area contributed by atoms with Gasteiger partial charge in [0.2, 0.25) is 5.95 Å². The fourth-order valence-corrected chi connectivity index (χ4v) is 6.91. The van der Waals surface area contributed by atoms with E-state index in [1.54, 1.807) is 12.3 Å². The number of halogens is 2. The van der Waals surface area contributed by atoms with Crippen molar-refractivity contribution in [2.24, 2.45) is 0 Å². The van der Waals surface area contributed by atoms with Crippen LogP contribution in [0.3, 0.4) is 0 Å². The second-order valence-electron chi connectivity index (χ2n) is 11.2. The molecule has 2 aromatic carbocycles. The summed E-state index contributed by atoms with van der Waals surface area (Å²) in [5, 5.41) is 0.988. The number of imidazole rings is 1. The Balaban J connectivity index is 1.32. The van der Waals surface area contributed by atoms with Crippen LogP contribution in [-0.4, -0.2) is 42.4 Å². The first-order valence-corrected chi connectivity index (χ1v) is 15.0. The Labute approximate surface area is 241 Å². The molecular weight excluding hydrogens is 553 g/mol. The fraction of sp³-hybridized carbons (Fsp3) is 0.379. The molecule has 10 heteroatoms. The first-order chi connectivity index (χ1) is 18.6. The predicted molar refractivity (Wildman–Crippen MR) is 158 cm³/mol. The van der Waals surface area contributed by atoms with Gasteiger partial charge in [0.1, 0.15) is 27.8 Å². The second kappa shape index (κ2) is 9.85. The third kappa shape index (κ3) is 4.56. The van der Waals surface area contributed by atoms with Crippen molar-refractivity contribution >= 4 is 46.2 Å². The van der Waals surface area contributed by atoms with E-state index >= 15 is 0 Å². The highest BCUT2D eigenvalue weighted by Gasteiger charge is 2.53. The molecule has 1 spiro atoms. The smallest absolute Gasteiger partial charge is 0.211 e. The number of anilines is 1. The molecule has 39 heavy (non-hydrogen) atoms. The number of hydrogen-bond donors (Lipinski definition) is 1. The van der Waals surface area contributed by atoms with Crippen LogP contribution in [-0.2, 0) is 11.4 Å². The normalized spacial score (nSPS) is 19.4. The molecule has 6 rings (SSSR count). The van der Waals surface area contributed by atoms with E-state index in [-0.39, 0.29) is 10.8 Å². The lowest BCUT2D eigenvalue weighted by atomic mass is 9.83.